The molecule has 1 aliphatic heterocycles. The van der Waals surface area contributed by atoms with Gasteiger partial charge in [-0.3, -0.25) is 9.48 Å². The largest absolute Gasteiger partial charge is 0.482 e. The summed E-state index contributed by atoms with van der Waals surface area (Å²) >= 11 is 0. The predicted octanol–water partition coefficient (Wildman–Crippen LogP) is 3.71. The summed E-state index contributed by atoms with van der Waals surface area (Å²) in [6, 6.07) is 7.79. The van der Waals surface area contributed by atoms with Crippen LogP contribution in [0.25, 0.3) is 11.1 Å². The molecule has 1 atom stereocenters. The first kappa shape index (κ1) is 20.0. The molecule has 0 radical (unpaired) electrons. The lowest BCUT2D eigenvalue weighted by atomic mass is 9.73. The van der Waals surface area contributed by atoms with E-state index in [4.69, 9.17) is 15.2 Å². The molecule has 9 heteroatoms. The zero-order chi connectivity index (χ0) is 22.6. The van der Waals surface area contributed by atoms with Crippen LogP contribution in [0.3, 0.4) is 0 Å². The normalized spacial score (nSPS) is 18.7. The zero-order valence-electron chi connectivity index (χ0n) is 17.6. The molecule has 1 fully saturated rings. The van der Waals surface area contributed by atoms with Crippen molar-refractivity contribution in [2.45, 2.75) is 37.9 Å². The second kappa shape index (κ2) is 7.05. The summed E-state index contributed by atoms with van der Waals surface area (Å²) in [5.74, 6) is -0.211. The lowest BCUT2D eigenvalue weighted by molar-refractivity contribution is 0.00183. The molecule has 32 heavy (non-hydrogen) atoms. The van der Waals surface area contributed by atoms with E-state index >= 15 is 0 Å². The summed E-state index contributed by atoms with van der Waals surface area (Å²) in [4.78, 5) is 17.9. The second-order valence-electron chi connectivity index (χ2n) is 8.14. The van der Waals surface area contributed by atoms with Gasteiger partial charge in [0.25, 0.3) is 0 Å². The van der Waals surface area contributed by atoms with Gasteiger partial charge in [-0.2, -0.15) is 5.26 Å². The molecular formula is C23H20FN5O3. The standard InChI is InChI=1S/C23H20FN5O3/c1-12-16-9-14(24)4-5-15(16)20(30)23(6-3-7-23)32-22-19(17(10-25)29(2)28-22)13-8-18(31-12)21(26)27-11-13/h4-5,8-9,11-12H,3,6-7H2,1-2H3,(H2,26,27). The molecule has 2 N–H and O–H groups in total. The van der Waals surface area contributed by atoms with Crippen LogP contribution in [-0.2, 0) is 7.05 Å². The molecule has 2 aliphatic rings. The number of carbonyl (C=O) groups is 1. The van der Waals surface area contributed by atoms with Crippen LogP contribution in [0.5, 0.6) is 11.6 Å². The smallest absolute Gasteiger partial charge is 0.243 e. The number of carbonyl (C=O) groups excluding carboxylic acids is 1. The number of ether oxygens (including phenoxy) is 2. The van der Waals surface area contributed by atoms with Crippen LogP contribution in [0.15, 0.2) is 30.5 Å². The van der Waals surface area contributed by atoms with E-state index in [9.17, 15) is 14.4 Å². The lowest BCUT2D eigenvalue weighted by Gasteiger charge is -2.40. The van der Waals surface area contributed by atoms with Gasteiger partial charge >= 0.3 is 0 Å². The number of nitrogens with zero attached hydrogens (tertiary/aromatic N) is 4. The van der Waals surface area contributed by atoms with Crippen molar-refractivity contribution in [3.63, 3.8) is 0 Å². The molecule has 0 amide bonds. The number of Topliss-reactive ketones (excluding diaryl/α,β-unsaturated/α-hetero) is 1. The molecule has 1 aromatic carbocycles. The molecular weight excluding hydrogens is 413 g/mol. The Labute approximate surface area is 183 Å². The summed E-state index contributed by atoms with van der Waals surface area (Å²) in [7, 11) is 1.63. The molecule has 8 nitrogen and oxygen atoms in total. The van der Waals surface area contributed by atoms with E-state index in [0.29, 0.717) is 35.1 Å². The van der Waals surface area contributed by atoms with Crippen molar-refractivity contribution in [1.29, 1.82) is 5.26 Å². The van der Waals surface area contributed by atoms with Gasteiger partial charge < -0.3 is 15.2 Å². The highest BCUT2D eigenvalue weighted by Gasteiger charge is 2.49. The van der Waals surface area contributed by atoms with E-state index < -0.39 is 17.5 Å². The van der Waals surface area contributed by atoms with Gasteiger partial charge in [0.15, 0.2) is 17.2 Å². The molecule has 1 unspecified atom stereocenters. The van der Waals surface area contributed by atoms with Crippen LogP contribution in [0.2, 0.25) is 0 Å². The van der Waals surface area contributed by atoms with E-state index in [0.717, 1.165) is 6.42 Å². The molecule has 162 valence electrons. The summed E-state index contributed by atoms with van der Waals surface area (Å²) < 4.78 is 27.9. The third kappa shape index (κ3) is 2.91. The van der Waals surface area contributed by atoms with Crippen LogP contribution in [0, 0.1) is 17.1 Å². The number of pyridine rings is 1. The average molecular weight is 433 g/mol. The van der Waals surface area contributed by atoms with Crippen LogP contribution in [0.4, 0.5) is 10.2 Å². The highest BCUT2D eigenvalue weighted by Crippen LogP contribution is 2.45. The number of hydrogen-bond acceptors (Lipinski definition) is 7. The van der Waals surface area contributed by atoms with Crippen molar-refractivity contribution in [3.05, 3.63) is 53.1 Å². The highest BCUT2D eigenvalue weighted by molar-refractivity contribution is 6.04. The fraction of sp³-hybridized carbons (Fsp3) is 0.304. The lowest BCUT2D eigenvalue weighted by Crippen LogP contribution is -2.51. The first-order valence-electron chi connectivity index (χ1n) is 10.3. The first-order valence-corrected chi connectivity index (χ1v) is 10.3. The maximum absolute atomic E-state index is 14.1. The maximum Gasteiger partial charge on any atom is 0.243 e. The molecule has 3 heterocycles. The molecule has 0 saturated heterocycles. The van der Waals surface area contributed by atoms with Crippen molar-refractivity contribution in [3.8, 4) is 28.8 Å². The third-order valence-corrected chi connectivity index (χ3v) is 6.16. The number of nitriles is 1. The van der Waals surface area contributed by atoms with Crippen LogP contribution in [-0.4, -0.2) is 26.1 Å². The second-order valence-corrected chi connectivity index (χ2v) is 8.14. The van der Waals surface area contributed by atoms with E-state index in [-0.39, 0.29) is 28.9 Å². The number of ketones is 1. The molecule has 1 saturated carbocycles. The number of rotatable bonds is 0. The van der Waals surface area contributed by atoms with E-state index in [1.807, 2.05) is 0 Å². The van der Waals surface area contributed by atoms with E-state index in [1.165, 1.54) is 29.1 Å². The SMILES string of the molecule is CC1Oc2cc(cnc2N)-c2c(nn(C)c2C#N)OC2(CCC2)C(=O)c2ccc(F)cc21. The fourth-order valence-corrected chi connectivity index (χ4v) is 4.28. The molecule has 5 rings (SSSR count). The Morgan fingerprint density at radius 1 is 1.34 bits per heavy atom. The molecule has 1 spiro atoms. The number of nitrogens with two attached hydrogens (primary N) is 1. The van der Waals surface area contributed by atoms with Crippen molar-refractivity contribution in [1.82, 2.24) is 14.8 Å². The van der Waals surface area contributed by atoms with Gasteiger partial charge in [-0.1, -0.05) is 0 Å². The number of anilines is 1. The number of benzene rings is 1. The Bertz CT molecular complexity index is 1310. The maximum atomic E-state index is 14.1. The minimum atomic E-state index is -1.15. The Hall–Kier alpha value is -3.93. The Morgan fingerprint density at radius 2 is 2.12 bits per heavy atom. The van der Waals surface area contributed by atoms with Crippen molar-refractivity contribution < 1.29 is 18.7 Å². The number of aryl methyl sites for hydroxylation is 1. The van der Waals surface area contributed by atoms with Gasteiger partial charge in [-0.25, -0.2) is 9.37 Å². The zero-order valence-corrected chi connectivity index (χ0v) is 17.6. The number of fused-ring (bicyclic) bond motifs is 5. The van der Waals surface area contributed by atoms with Crippen molar-refractivity contribution in [2.75, 3.05) is 5.73 Å². The Balaban J connectivity index is 1.79. The number of nitrogen functional groups attached to an aromatic ring is 1. The first-order chi connectivity index (χ1) is 15.3. The van der Waals surface area contributed by atoms with Crippen LogP contribution >= 0.6 is 0 Å². The number of aromatic nitrogens is 3. The number of hydrogen-bond donors (Lipinski definition) is 1. The minimum Gasteiger partial charge on any atom is -0.482 e. The van der Waals surface area contributed by atoms with Crippen molar-refractivity contribution >= 4 is 11.6 Å². The minimum absolute atomic E-state index is 0.127. The molecule has 3 aromatic rings. The van der Waals surface area contributed by atoms with Gasteiger partial charge in [-0.15, -0.1) is 5.10 Å². The van der Waals surface area contributed by atoms with Gasteiger partial charge in [0.1, 0.15) is 23.7 Å². The quantitative estimate of drug-likeness (QED) is 0.574. The van der Waals surface area contributed by atoms with Crippen LogP contribution < -0.4 is 15.2 Å². The average Bonchev–Trinajstić information content (AvgIpc) is 3.05. The Kier molecular flexibility index (Phi) is 4.41. The summed E-state index contributed by atoms with van der Waals surface area (Å²) in [5, 5.41) is 14.1. The van der Waals surface area contributed by atoms with Crippen LogP contribution in [0.1, 0.15) is 53.9 Å². The van der Waals surface area contributed by atoms with Gasteiger partial charge in [0, 0.05) is 29.9 Å². The molecule has 2 bridgehead atoms. The van der Waals surface area contributed by atoms with Crippen molar-refractivity contribution in [2.24, 2.45) is 7.05 Å². The van der Waals surface area contributed by atoms with Gasteiger partial charge in [0.2, 0.25) is 11.7 Å². The topological polar surface area (TPSA) is 116 Å². The number of halogens is 1. The highest BCUT2D eigenvalue weighted by atomic mass is 19.1. The summed E-state index contributed by atoms with van der Waals surface area (Å²) in [6.45, 7) is 1.72. The van der Waals surface area contributed by atoms with Gasteiger partial charge in [-0.05, 0) is 50.5 Å². The van der Waals surface area contributed by atoms with E-state index in [1.54, 1.807) is 20.0 Å². The van der Waals surface area contributed by atoms with Gasteiger partial charge in [0.05, 0.1) is 5.56 Å². The molecule has 2 aromatic heterocycles. The molecule has 1 aliphatic carbocycles. The van der Waals surface area contributed by atoms with E-state index in [2.05, 4.69) is 16.2 Å². The summed E-state index contributed by atoms with van der Waals surface area (Å²) in [5.41, 5.74) is 6.79. The summed E-state index contributed by atoms with van der Waals surface area (Å²) in [6.07, 6.45) is 2.59. The fourth-order valence-electron chi connectivity index (χ4n) is 4.28. The third-order valence-electron chi connectivity index (χ3n) is 6.16. The predicted molar refractivity (Wildman–Crippen MR) is 113 cm³/mol. The monoisotopic (exact) mass is 433 g/mol. The Morgan fingerprint density at radius 3 is 2.81 bits per heavy atom.